The first kappa shape index (κ1) is 13.8. The zero-order valence-electron chi connectivity index (χ0n) is 12.5. The van der Waals surface area contributed by atoms with E-state index in [9.17, 15) is 9.18 Å². The molecule has 2 aliphatic heterocycles. The number of carbonyl (C=O) groups is 1. The van der Waals surface area contributed by atoms with E-state index in [-0.39, 0.29) is 11.7 Å². The van der Waals surface area contributed by atoms with E-state index in [4.69, 9.17) is 0 Å². The van der Waals surface area contributed by atoms with E-state index in [2.05, 4.69) is 9.88 Å². The van der Waals surface area contributed by atoms with Gasteiger partial charge in [-0.3, -0.25) is 9.69 Å². The third-order valence-corrected chi connectivity index (χ3v) is 4.97. The predicted octanol–water partition coefficient (Wildman–Crippen LogP) is 2.62. The highest BCUT2D eigenvalue weighted by molar-refractivity contribution is 5.98. The van der Waals surface area contributed by atoms with Crippen LogP contribution in [0.5, 0.6) is 0 Å². The first-order chi connectivity index (χ1) is 10.7. The molecular weight excluding hydrogens is 281 g/mol. The number of aromatic nitrogens is 1. The van der Waals surface area contributed by atoms with Crippen molar-refractivity contribution in [3.63, 3.8) is 0 Å². The van der Waals surface area contributed by atoms with Gasteiger partial charge in [-0.25, -0.2) is 4.39 Å². The summed E-state index contributed by atoms with van der Waals surface area (Å²) in [5.74, 6) is -0.300. The smallest absolute Gasteiger partial charge is 0.270 e. The van der Waals surface area contributed by atoms with E-state index in [1.165, 1.54) is 25.3 Å². The third-order valence-electron chi connectivity index (χ3n) is 4.97. The molecule has 22 heavy (non-hydrogen) atoms. The van der Waals surface area contributed by atoms with Crippen molar-refractivity contribution in [2.75, 3.05) is 26.2 Å². The molecule has 1 amide bonds. The Bertz CT molecular complexity index is 711. The number of rotatable bonds is 1. The minimum absolute atomic E-state index is 0.0131. The third kappa shape index (κ3) is 2.29. The van der Waals surface area contributed by atoms with Crippen LogP contribution < -0.4 is 0 Å². The first-order valence-corrected chi connectivity index (χ1v) is 8.03. The maximum atomic E-state index is 13.8. The Morgan fingerprint density at radius 2 is 2.14 bits per heavy atom. The van der Waals surface area contributed by atoms with Gasteiger partial charge in [0.05, 0.1) is 0 Å². The number of halogens is 1. The zero-order chi connectivity index (χ0) is 15.1. The molecule has 2 fully saturated rings. The molecule has 0 bridgehead atoms. The van der Waals surface area contributed by atoms with Crippen molar-refractivity contribution in [3.8, 4) is 0 Å². The average Bonchev–Trinajstić information content (AvgIpc) is 2.99. The largest absolute Gasteiger partial charge is 0.350 e. The minimum Gasteiger partial charge on any atom is -0.350 e. The number of fused-ring (bicyclic) bond motifs is 2. The molecule has 1 atom stereocenters. The molecule has 1 aromatic heterocycles. The van der Waals surface area contributed by atoms with Crippen LogP contribution in [-0.4, -0.2) is 52.9 Å². The summed E-state index contributed by atoms with van der Waals surface area (Å²) in [5, 5.41) is 0.488. The van der Waals surface area contributed by atoms with Gasteiger partial charge in [-0.1, -0.05) is 12.5 Å². The Morgan fingerprint density at radius 3 is 3.00 bits per heavy atom. The summed E-state index contributed by atoms with van der Waals surface area (Å²) in [6, 6.07) is 7.01. The van der Waals surface area contributed by atoms with E-state index in [1.807, 2.05) is 4.90 Å². The van der Waals surface area contributed by atoms with Gasteiger partial charge in [-0.05, 0) is 37.6 Å². The summed E-state index contributed by atoms with van der Waals surface area (Å²) in [6.07, 6.45) is 3.69. The summed E-state index contributed by atoms with van der Waals surface area (Å²) in [6.45, 7) is 3.65. The maximum absolute atomic E-state index is 13.8. The van der Waals surface area contributed by atoms with Crippen LogP contribution in [0.3, 0.4) is 0 Å². The monoisotopic (exact) mass is 301 g/mol. The number of aromatic amines is 1. The Kier molecular flexibility index (Phi) is 3.37. The summed E-state index contributed by atoms with van der Waals surface area (Å²) in [4.78, 5) is 20.2. The lowest BCUT2D eigenvalue weighted by molar-refractivity contribution is 0.0369. The highest BCUT2D eigenvalue weighted by Gasteiger charge is 2.31. The lowest BCUT2D eigenvalue weighted by Gasteiger charge is -2.43. The molecule has 2 aromatic rings. The van der Waals surface area contributed by atoms with Gasteiger partial charge < -0.3 is 9.88 Å². The molecule has 3 heterocycles. The average molecular weight is 301 g/mol. The van der Waals surface area contributed by atoms with Crippen LogP contribution >= 0.6 is 0 Å². The number of hydrogen-bond acceptors (Lipinski definition) is 2. The van der Waals surface area contributed by atoms with Gasteiger partial charge >= 0.3 is 0 Å². The summed E-state index contributed by atoms with van der Waals surface area (Å²) in [5.41, 5.74) is 1.17. The molecule has 0 spiro atoms. The van der Waals surface area contributed by atoms with Crippen molar-refractivity contribution < 1.29 is 9.18 Å². The van der Waals surface area contributed by atoms with Gasteiger partial charge in [-0.2, -0.15) is 0 Å². The number of piperazine rings is 1. The summed E-state index contributed by atoms with van der Waals surface area (Å²) >= 11 is 0. The normalized spacial score (nSPS) is 22.8. The van der Waals surface area contributed by atoms with E-state index in [0.717, 1.165) is 26.2 Å². The maximum Gasteiger partial charge on any atom is 0.270 e. The number of nitrogens with one attached hydrogen (secondary N) is 1. The van der Waals surface area contributed by atoms with Gasteiger partial charge in [0, 0.05) is 36.6 Å². The fourth-order valence-electron chi connectivity index (χ4n) is 3.74. The molecule has 0 radical (unpaired) electrons. The molecule has 5 heteroatoms. The van der Waals surface area contributed by atoms with E-state index in [1.54, 1.807) is 18.2 Å². The Balaban J connectivity index is 1.56. The number of H-pyrrole nitrogens is 1. The zero-order valence-corrected chi connectivity index (χ0v) is 12.5. The summed E-state index contributed by atoms with van der Waals surface area (Å²) < 4.78 is 13.8. The van der Waals surface area contributed by atoms with Crippen LogP contribution in [0.15, 0.2) is 24.3 Å². The number of carbonyl (C=O) groups excluding carboxylic acids is 1. The van der Waals surface area contributed by atoms with Gasteiger partial charge in [0.1, 0.15) is 11.5 Å². The fourth-order valence-corrected chi connectivity index (χ4v) is 3.74. The van der Waals surface area contributed by atoms with Gasteiger partial charge in [0.2, 0.25) is 0 Å². The molecule has 1 N–H and O–H groups in total. The molecule has 4 nitrogen and oxygen atoms in total. The van der Waals surface area contributed by atoms with Crippen molar-refractivity contribution in [1.29, 1.82) is 0 Å². The van der Waals surface area contributed by atoms with Gasteiger partial charge in [0.15, 0.2) is 0 Å². The number of piperidine rings is 1. The minimum atomic E-state index is -0.287. The van der Waals surface area contributed by atoms with E-state index < -0.39 is 0 Å². The Morgan fingerprint density at radius 1 is 1.23 bits per heavy atom. The van der Waals surface area contributed by atoms with E-state index >= 15 is 0 Å². The number of nitrogens with zero attached hydrogens (tertiary/aromatic N) is 2. The SMILES string of the molecule is O=C(c1cc2c(F)cccc2[nH]1)N1CCN2CCCC[C@@H]2C1. The van der Waals surface area contributed by atoms with E-state index in [0.29, 0.717) is 22.6 Å². The molecule has 0 unspecified atom stereocenters. The number of hydrogen-bond donors (Lipinski definition) is 1. The highest BCUT2D eigenvalue weighted by atomic mass is 19.1. The molecule has 2 saturated heterocycles. The second-order valence-corrected chi connectivity index (χ2v) is 6.32. The standard InChI is InChI=1S/C17H20FN3O/c18-14-5-3-6-15-13(14)10-16(19-15)17(22)21-9-8-20-7-2-1-4-12(20)11-21/h3,5-6,10,12,19H,1-2,4,7-9,11H2/t12-/m1/s1. The van der Waals surface area contributed by atoms with Crippen LogP contribution in [0, 0.1) is 5.82 Å². The number of amides is 1. The molecule has 4 rings (SSSR count). The lowest BCUT2D eigenvalue weighted by atomic mass is 9.99. The Labute approximate surface area is 128 Å². The molecule has 2 aliphatic rings. The topological polar surface area (TPSA) is 39.3 Å². The van der Waals surface area contributed by atoms with Crippen molar-refractivity contribution in [3.05, 3.63) is 35.8 Å². The fraction of sp³-hybridized carbons (Fsp3) is 0.471. The lowest BCUT2D eigenvalue weighted by Crippen LogP contribution is -2.56. The molecule has 116 valence electrons. The van der Waals surface area contributed by atoms with Crippen LogP contribution in [0.2, 0.25) is 0 Å². The van der Waals surface area contributed by atoms with Crippen LogP contribution in [0.4, 0.5) is 4.39 Å². The quantitative estimate of drug-likeness (QED) is 0.879. The van der Waals surface area contributed by atoms with Crippen LogP contribution in [-0.2, 0) is 0 Å². The van der Waals surface area contributed by atoms with Crippen molar-refractivity contribution in [2.45, 2.75) is 25.3 Å². The second kappa shape index (κ2) is 5.39. The van der Waals surface area contributed by atoms with Gasteiger partial charge in [-0.15, -0.1) is 0 Å². The summed E-state index contributed by atoms with van der Waals surface area (Å²) in [7, 11) is 0. The van der Waals surface area contributed by atoms with Crippen LogP contribution in [0.1, 0.15) is 29.8 Å². The van der Waals surface area contributed by atoms with Crippen molar-refractivity contribution in [1.82, 2.24) is 14.8 Å². The van der Waals surface area contributed by atoms with Gasteiger partial charge in [0.25, 0.3) is 5.91 Å². The molecular formula is C17H20FN3O. The van der Waals surface area contributed by atoms with Crippen molar-refractivity contribution >= 4 is 16.8 Å². The van der Waals surface area contributed by atoms with Crippen LogP contribution in [0.25, 0.3) is 10.9 Å². The van der Waals surface area contributed by atoms with Crippen molar-refractivity contribution in [2.24, 2.45) is 0 Å². The molecule has 0 saturated carbocycles. The molecule has 1 aromatic carbocycles. The predicted molar refractivity (Wildman–Crippen MR) is 83.4 cm³/mol. The second-order valence-electron chi connectivity index (χ2n) is 6.32. The highest BCUT2D eigenvalue weighted by Crippen LogP contribution is 2.24. The number of benzene rings is 1. The first-order valence-electron chi connectivity index (χ1n) is 8.03. The molecule has 0 aliphatic carbocycles. The Hall–Kier alpha value is -1.88.